The number of nitrogens with one attached hydrogen (secondary N) is 2. The first kappa shape index (κ1) is 15.1. The molecule has 6 heteroatoms. The molecule has 1 heterocycles. The molecule has 2 amide bonds. The maximum absolute atomic E-state index is 11.8. The van der Waals surface area contributed by atoms with Crippen LogP contribution in [-0.4, -0.2) is 27.3 Å². The van der Waals surface area contributed by atoms with Crippen LogP contribution in [0.2, 0.25) is 0 Å². The summed E-state index contributed by atoms with van der Waals surface area (Å²) in [6.07, 6.45) is 7.45. The van der Waals surface area contributed by atoms with Crippen molar-refractivity contribution in [3.63, 3.8) is 0 Å². The van der Waals surface area contributed by atoms with Crippen LogP contribution in [0.25, 0.3) is 0 Å². The van der Waals surface area contributed by atoms with E-state index in [1.54, 1.807) is 11.0 Å². The van der Waals surface area contributed by atoms with E-state index in [1.165, 1.54) is 18.4 Å². The second-order valence-electron chi connectivity index (χ2n) is 6.88. The molecule has 0 unspecified atom stereocenters. The van der Waals surface area contributed by atoms with Gasteiger partial charge in [0.15, 0.2) is 0 Å². The van der Waals surface area contributed by atoms with Crippen molar-refractivity contribution in [1.29, 1.82) is 0 Å². The molecule has 0 spiro atoms. The fourth-order valence-corrected chi connectivity index (χ4v) is 3.73. The molecule has 4 rings (SSSR count). The predicted octanol–water partition coefficient (Wildman–Crippen LogP) is 2.80. The quantitative estimate of drug-likeness (QED) is 0.822. The lowest BCUT2D eigenvalue weighted by Gasteiger charge is -2.56. The molecule has 0 radical (unpaired) electrons. The number of carbonyl (C=O) groups is 1. The van der Waals surface area contributed by atoms with Gasteiger partial charge >= 0.3 is 6.03 Å². The predicted molar refractivity (Wildman–Crippen MR) is 85.4 cm³/mol. The van der Waals surface area contributed by atoms with Crippen LogP contribution in [0.5, 0.6) is 0 Å². The number of rotatable bonds is 5. The third-order valence-corrected chi connectivity index (χ3v) is 5.37. The van der Waals surface area contributed by atoms with E-state index < -0.39 is 0 Å². The highest BCUT2D eigenvalue weighted by atomic mass is 16.2. The number of hydrogen-bond donors (Lipinski definition) is 2. The van der Waals surface area contributed by atoms with Gasteiger partial charge in [0.2, 0.25) is 5.95 Å². The Labute approximate surface area is 131 Å². The van der Waals surface area contributed by atoms with Crippen LogP contribution in [0, 0.1) is 17.3 Å². The Morgan fingerprint density at radius 3 is 2.95 bits per heavy atom. The number of urea groups is 1. The minimum Gasteiger partial charge on any atom is -0.337 e. The van der Waals surface area contributed by atoms with Crippen molar-refractivity contribution in [1.82, 2.24) is 20.1 Å². The molecule has 2 N–H and O–H groups in total. The molecule has 1 aromatic heterocycles. The van der Waals surface area contributed by atoms with Crippen molar-refractivity contribution in [2.45, 2.75) is 46.6 Å². The third-order valence-electron chi connectivity index (χ3n) is 5.37. The van der Waals surface area contributed by atoms with Gasteiger partial charge < -0.3 is 5.32 Å². The SMILES string of the molecule is CCn1cnc(NC(=O)NCCC2=CC[C@H]3C[C@@H]2C3(C)C)n1. The molecule has 2 bridgehead atoms. The van der Waals surface area contributed by atoms with Gasteiger partial charge in [0.1, 0.15) is 6.33 Å². The van der Waals surface area contributed by atoms with Gasteiger partial charge in [-0.2, -0.15) is 0 Å². The lowest BCUT2D eigenvalue weighted by molar-refractivity contribution is -0.00808. The molecule has 3 aliphatic rings. The highest BCUT2D eigenvalue weighted by Gasteiger charge is 2.50. The third kappa shape index (κ3) is 2.74. The second kappa shape index (κ2) is 5.74. The Morgan fingerprint density at radius 1 is 1.50 bits per heavy atom. The first-order valence-corrected chi connectivity index (χ1v) is 8.14. The number of allylic oxidation sites excluding steroid dienone is 1. The number of amides is 2. The Morgan fingerprint density at radius 2 is 2.32 bits per heavy atom. The molecule has 120 valence electrons. The minimum atomic E-state index is -0.240. The molecule has 22 heavy (non-hydrogen) atoms. The first-order valence-electron chi connectivity index (χ1n) is 8.14. The molecule has 1 aromatic rings. The summed E-state index contributed by atoms with van der Waals surface area (Å²) >= 11 is 0. The van der Waals surface area contributed by atoms with E-state index in [0.29, 0.717) is 23.8 Å². The summed E-state index contributed by atoms with van der Waals surface area (Å²) in [6.45, 7) is 8.11. The fraction of sp³-hybridized carbons (Fsp3) is 0.688. The van der Waals surface area contributed by atoms with Crippen LogP contribution in [0.1, 0.15) is 40.0 Å². The standard InChI is InChI=1S/C16H25N5O/c1-4-21-10-18-14(20-21)19-15(22)17-8-7-11-5-6-12-9-13(11)16(12,2)3/h5,10,12-13H,4,6-9H2,1-3H3,(H2,17,19,20,22)/t12-,13-/m0/s1. The summed E-state index contributed by atoms with van der Waals surface area (Å²) in [5.74, 6) is 1.91. The van der Waals surface area contributed by atoms with Gasteiger partial charge in [0.05, 0.1) is 0 Å². The Hall–Kier alpha value is -1.85. The van der Waals surface area contributed by atoms with Crippen molar-refractivity contribution < 1.29 is 4.79 Å². The van der Waals surface area contributed by atoms with E-state index in [0.717, 1.165) is 18.9 Å². The van der Waals surface area contributed by atoms with E-state index in [9.17, 15) is 4.79 Å². The van der Waals surface area contributed by atoms with E-state index in [-0.39, 0.29) is 6.03 Å². The van der Waals surface area contributed by atoms with Gasteiger partial charge in [-0.1, -0.05) is 25.5 Å². The summed E-state index contributed by atoms with van der Waals surface area (Å²) in [7, 11) is 0. The molecule has 0 aliphatic heterocycles. The van der Waals surface area contributed by atoms with Crippen molar-refractivity contribution in [3.8, 4) is 0 Å². The summed E-state index contributed by atoms with van der Waals surface area (Å²) in [4.78, 5) is 15.9. The van der Waals surface area contributed by atoms with Crippen molar-refractivity contribution in [3.05, 3.63) is 18.0 Å². The van der Waals surface area contributed by atoms with Gasteiger partial charge in [0, 0.05) is 13.1 Å². The Bertz CT molecular complexity index is 589. The van der Waals surface area contributed by atoms with Crippen molar-refractivity contribution in [2.24, 2.45) is 17.3 Å². The summed E-state index contributed by atoms with van der Waals surface area (Å²) in [5.41, 5.74) is 1.96. The zero-order chi connectivity index (χ0) is 15.7. The average Bonchev–Trinajstić information content (AvgIpc) is 2.94. The van der Waals surface area contributed by atoms with Crippen LogP contribution in [0.3, 0.4) is 0 Å². The smallest absolute Gasteiger partial charge is 0.321 e. The van der Waals surface area contributed by atoms with Gasteiger partial charge in [-0.05, 0) is 43.4 Å². The maximum atomic E-state index is 11.8. The van der Waals surface area contributed by atoms with Gasteiger partial charge in [-0.25, -0.2) is 9.78 Å². The van der Waals surface area contributed by atoms with Crippen LogP contribution < -0.4 is 10.6 Å². The summed E-state index contributed by atoms with van der Waals surface area (Å²) in [5, 5.41) is 9.68. The summed E-state index contributed by atoms with van der Waals surface area (Å²) in [6, 6.07) is -0.240. The number of anilines is 1. The largest absolute Gasteiger partial charge is 0.337 e. The molecule has 1 saturated carbocycles. The lowest BCUT2D eigenvalue weighted by atomic mass is 9.48. The Balaban J connectivity index is 1.43. The lowest BCUT2D eigenvalue weighted by Crippen LogP contribution is -2.48. The van der Waals surface area contributed by atoms with E-state index in [4.69, 9.17) is 0 Å². The normalized spacial score (nSPS) is 25.1. The van der Waals surface area contributed by atoms with Crippen LogP contribution in [0.15, 0.2) is 18.0 Å². The van der Waals surface area contributed by atoms with Crippen LogP contribution >= 0.6 is 0 Å². The zero-order valence-corrected chi connectivity index (χ0v) is 13.6. The van der Waals surface area contributed by atoms with E-state index in [1.807, 2.05) is 6.92 Å². The van der Waals surface area contributed by atoms with Crippen molar-refractivity contribution >= 4 is 12.0 Å². The van der Waals surface area contributed by atoms with Crippen LogP contribution in [-0.2, 0) is 6.54 Å². The number of hydrogen-bond acceptors (Lipinski definition) is 3. The second-order valence-corrected chi connectivity index (χ2v) is 6.88. The minimum absolute atomic E-state index is 0.240. The monoisotopic (exact) mass is 303 g/mol. The number of aromatic nitrogens is 3. The summed E-state index contributed by atoms with van der Waals surface area (Å²) < 4.78 is 1.68. The Kier molecular flexibility index (Phi) is 3.93. The molecular weight excluding hydrogens is 278 g/mol. The van der Waals surface area contributed by atoms with E-state index >= 15 is 0 Å². The average molecular weight is 303 g/mol. The molecule has 0 saturated heterocycles. The molecule has 3 aliphatic carbocycles. The van der Waals surface area contributed by atoms with Crippen molar-refractivity contribution in [2.75, 3.05) is 11.9 Å². The fourth-order valence-electron chi connectivity index (χ4n) is 3.73. The number of nitrogens with zero attached hydrogens (tertiary/aromatic N) is 3. The number of fused-ring (bicyclic) bond motifs is 1. The first-order chi connectivity index (χ1) is 10.5. The van der Waals surface area contributed by atoms with Gasteiger partial charge in [-0.15, -0.1) is 5.10 Å². The number of aryl methyl sites for hydroxylation is 1. The molecule has 1 fully saturated rings. The van der Waals surface area contributed by atoms with Gasteiger partial charge in [0.25, 0.3) is 0 Å². The molecule has 6 nitrogen and oxygen atoms in total. The molecule has 2 atom stereocenters. The molecule has 0 aromatic carbocycles. The van der Waals surface area contributed by atoms with Gasteiger partial charge in [-0.3, -0.25) is 10.00 Å². The number of carbonyl (C=O) groups excluding carboxylic acids is 1. The highest BCUT2D eigenvalue weighted by molar-refractivity contribution is 5.87. The zero-order valence-electron chi connectivity index (χ0n) is 13.6. The maximum Gasteiger partial charge on any atom is 0.321 e. The highest BCUT2D eigenvalue weighted by Crippen LogP contribution is 2.59. The topological polar surface area (TPSA) is 71.8 Å². The molecular formula is C16H25N5O. The van der Waals surface area contributed by atoms with E-state index in [2.05, 4.69) is 40.6 Å². The van der Waals surface area contributed by atoms with Crippen LogP contribution in [0.4, 0.5) is 10.7 Å².